The number of allylic oxidation sites excluding steroid dienone is 15. The Labute approximate surface area is 563 Å². The molecule has 3 heteroatoms. The number of aryl methyl sites for hydroxylation is 2. The number of benzene rings is 6. The lowest BCUT2D eigenvalue weighted by molar-refractivity contribution is 0.141. The molecule has 8 atom stereocenters. The van der Waals surface area contributed by atoms with E-state index in [0.717, 1.165) is 88.4 Å². The van der Waals surface area contributed by atoms with Crippen molar-refractivity contribution in [2.24, 2.45) is 17.3 Å². The summed E-state index contributed by atoms with van der Waals surface area (Å²) in [6, 6.07) is 49.9. The van der Waals surface area contributed by atoms with Crippen molar-refractivity contribution in [1.82, 2.24) is 9.47 Å². The van der Waals surface area contributed by atoms with Crippen LogP contribution in [-0.2, 0) is 5.41 Å². The molecule has 0 N–H and O–H groups in total. The first-order chi connectivity index (χ1) is 45.7. The summed E-state index contributed by atoms with van der Waals surface area (Å²) in [4.78, 5) is 2.89. The van der Waals surface area contributed by atoms with Gasteiger partial charge in [0, 0.05) is 44.8 Å². The number of aromatic nitrogens is 1. The van der Waals surface area contributed by atoms with Crippen LogP contribution in [0.25, 0.3) is 44.6 Å². The Kier molecular flexibility index (Phi) is 17.9. The predicted molar refractivity (Wildman–Crippen MR) is 401 cm³/mol. The second-order valence-corrected chi connectivity index (χ2v) is 30.3. The number of ether oxygens (including phenoxy) is 1. The molecule has 0 saturated heterocycles. The van der Waals surface area contributed by atoms with E-state index in [4.69, 9.17) is 4.74 Å². The summed E-state index contributed by atoms with van der Waals surface area (Å²) in [6.45, 7) is 25.2. The van der Waals surface area contributed by atoms with Gasteiger partial charge in [-0.05, 0) is 248 Å². The molecule has 0 amide bonds. The maximum atomic E-state index is 6.69. The second-order valence-electron chi connectivity index (χ2n) is 30.3. The van der Waals surface area contributed by atoms with E-state index in [0.29, 0.717) is 30.4 Å². The number of nitrogens with zero attached hydrogens (tertiary/aromatic N) is 2. The molecule has 0 spiro atoms. The molecule has 1 aromatic heterocycles. The molecular formula is C91H100N2O. The average Bonchev–Trinajstić information content (AvgIpc) is 1.53. The SMILES string of the molecule is C=Cc1ccc(-c2cc(C)c(OCC(C)CCCCC3(c4ccccc4)C4=CC(C)(N(C5=CCC(c6ccc7c(c6)c6cc(C8=CCC(C=C)CC8)ccc6n7C6C=CCCC6)C=C5)C5C=CC(C6=CC=C(C(C)(C)C)CC6)=CC5)CCC4c4ccccc43)cc2C)cc1. The molecule has 0 fully saturated rings. The highest BCUT2D eigenvalue weighted by Gasteiger charge is 2.53. The lowest BCUT2D eigenvalue weighted by Crippen LogP contribution is -2.51. The first-order valence-electron chi connectivity index (χ1n) is 36.1. The van der Waals surface area contributed by atoms with Crippen LogP contribution in [0.1, 0.15) is 200 Å². The highest BCUT2D eigenvalue weighted by Crippen LogP contribution is 2.61. The smallest absolute Gasteiger partial charge is 0.122 e. The van der Waals surface area contributed by atoms with E-state index in [-0.39, 0.29) is 28.3 Å². The van der Waals surface area contributed by atoms with Gasteiger partial charge in [0.2, 0.25) is 0 Å². The molecule has 7 aliphatic carbocycles. The summed E-state index contributed by atoms with van der Waals surface area (Å²) in [7, 11) is 0. The van der Waals surface area contributed by atoms with Crippen LogP contribution in [0.4, 0.5) is 0 Å². The van der Waals surface area contributed by atoms with Gasteiger partial charge in [0.05, 0.1) is 24.2 Å². The van der Waals surface area contributed by atoms with Crippen LogP contribution in [0.3, 0.4) is 0 Å². The summed E-state index contributed by atoms with van der Waals surface area (Å²) < 4.78 is 9.35. The van der Waals surface area contributed by atoms with Crippen molar-refractivity contribution in [2.75, 3.05) is 6.61 Å². The highest BCUT2D eigenvalue weighted by atomic mass is 16.5. The van der Waals surface area contributed by atoms with Gasteiger partial charge in [-0.1, -0.05) is 223 Å². The number of fused-ring (bicyclic) bond motifs is 6. The Morgan fingerprint density at radius 2 is 1.52 bits per heavy atom. The fourth-order valence-electron chi connectivity index (χ4n) is 17.7. The van der Waals surface area contributed by atoms with Crippen molar-refractivity contribution in [3.63, 3.8) is 0 Å². The number of hydrogen-bond acceptors (Lipinski definition) is 2. The quantitative estimate of drug-likeness (QED) is 0.0593. The number of rotatable bonds is 19. The van der Waals surface area contributed by atoms with E-state index in [1.54, 1.807) is 11.1 Å². The zero-order chi connectivity index (χ0) is 64.7. The zero-order valence-corrected chi connectivity index (χ0v) is 57.4. The van der Waals surface area contributed by atoms with Gasteiger partial charge in [-0.3, -0.25) is 0 Å². The van der Waals surface area contributed by atoms with Crippen LogP contribution < -0.4 is 4.74 Å². The molecule has 0 aliphatic heterocycles. The van der Waals surface area contributed by atoms with Crippen molar-refractivity contribution in [1.29, 1.82) is 0 Å². The average molecular weight is 1240 g/mol. The molecular weight excluding hydrogens is 1140 g/mol. The second kappa shape index (κ2) is 26.6. The fourth-order valence-corrected chi connectivity index (χ4v) is 17.7. The number of hydrogen-bond donors (Lipinski definition) is 0. The first kappa shape index (κ1) is 63.3. The normalized spacial score (nSPS) is 24.5. The Balaban J connectivity index is 0.773. The van der Waals surface area contributed by atoms with E-state index in [1.165, 1.54) is 120 Å². The largest absolute Gasteiger partial charge is 0.493 e. The van der Waals surface area contributed by atoms with Gasteiger partial charge in [-0.25, -0.2) is 0 Å². The Hall–Kier alpha value is -8.14. The van der Waals surface area contributed by atoms with Crippen LogP contribution in [-0.4, -0.2) is 27.7 Å². The zero-order valence-electron chi connectivity index (χ0n) is 57.4. The lowest BCUT2D eigenvalue weighted by atomic mass is 9.64. The molecule has 1 heterocycles. The summed E-state index contributed by atoms with van der Waals surface area (Å²) in [5.41, 5.74) is 24.6. The first-order valence-corrected chi connectivity index (χ1v) is 36.1. The third-order valence-corrected chi connectivity index (χ3v) is 23.1. The minimum Gasteiger partial charge on any atom is -0.493 e. The van der Waals surface area contributed by atoms with Crippen molar-refractivity contribution < 1.29 is 4.74 Å². The van der Waals surface area contributed by atoms with Gasteiger partial charge in [0.15, 0.2) is 0 Å². The minimum atomic E-state index is -0.255. The molecule has 480 valence electrons. The molecule has 7 aliphatic rings. The summed E-state index contributed by atoms with van der Waals surface area (Å²) >= 11 is 0. The molecule has 94 heavy (non-hydrogen) atoms. The van der Waals surface area contributed by atoms with Crippen LogP contribution in [0.5, 0.6) is 5.75 Å². The maximum absolute atomic E-state index is 6.69. The molecule has 3 nitrogen and oxygen atoms in total. The molecule has 8 unspecified atom stereocenters. The van der Waals surface area contributed by atoms with Crippen LogP contribution in [0.2, 0.25) is 0 Å². The van der Waals surface area contributed by atoms with Gasteiger partial charge < -0.3 is 14.2 Å². The Morgan fingerprint density at radius 1 is 0.723 bits per heavy atom. The lowest BCUT2D eigenvalue weighted by Gasteiger charge is -2.51. The molecule has 0 bridgehead atoms. The summed E-state index contributed by atoms with van der Waals surface area (Å²) in [5.74, 6) is 2.65. The van der Waals surface area contributed by atoms with E-state index in [2.05, 4.69) is 277 Å². The number of unbranched alkanes of at least 4 members (excludes halogenated alkanes) is 1. The molecule has 7 aromatic rings. The Morgan fingerprint density at radius 3 is 2.23 bits per heavy atom. The van der Waals surface area contributed by atoms with E-state index in [9.17, 15) is 0 Å². The molecule has 6 aromatic carbocycles. The van der Waals surface area contributed by atoms with Crippen molar-refractivity contribution >= 4 is 33.5 Å². The third kappa shape index (κ3) is 12.2. The third-order valence-electron chi connectivity index (χ3n) is 23.1. The fraction of sp³-hybridized carbons (Fsp3) is 0.363. The van der Waals surface area contributed by atoms with Crippen LogP contribution in [0, 0.1) is 31.1 Å². The van der Waals surface area contributed by atoms with Gasteiger partial charge in [-0.15, -0.1) is 6.58 Å². The monoisotopic (exact) mass is 1240 g/mol. The van der Waals surface area contributed by atoms with Crippen LogP contribution in [0.15, 0.2) is 248 Å². The van der Waals surface area contributed by atoms with Crippen molar-refractivity contribution in [3.8, 4) is 16.9 Å². The molecule has 0 saturated carbocycles. The predicted octanol–water partition coefficient (Wildman–Crippen LogP) is 24.4. The maximum Gasteiger partial charge on any atom is 0.122 e. The van der Waals surface area contributed by atoms with Crippen molar-refractivity contribution in [2.45, 2.75) is 186 Å². The van der Waals surface area contributed by atoms with Gasteiger partial charge in [-0.2, -0.15) is 0 Å². The van der Waals surface area contributed by atoms with Gasteiger partial charge in [0.1, 0.15) is 5.75 Å². The van der Waals surface area contributed by atoms with Crippen molar-refractivity contribution in [3.05, 3.63) is 292 Å². The molecule has 0 radical (unpaired) electrons. The topological polar surface area (TPSA) is 17.4 Å². The standard InChI is InChI=1S/C91H100N2O/c1-10-65-29-33-69(34-30-65)72-43-51-86-82(58-72)83-59-73(44-52-87(83)92(86)76-25-16-13-17-26-76)70-41-49-78(50-42-70)93(77-47-39-68(40-48-77)67-37-45-74(46-38-67)89(6,7)8)90(9)55-53-80-79-27-18-19-28-84(79)91(85(80)60-90,75-23-14-12-15-24-75)54-21-20-22-62(3)61-94-88-57-63(4)81(56-64(88)5)71-35-31-66(11-2)32-36-71/h10-12,14-16,18-19,23-25,27-28,31-33,35-37,39-41,43-45,47,49-52,56-60,62,65,70,76-77,80H,1-2,13,17,20-22,26,29-30,34,38,42,46,48,53-55,61H2,3-9H3. The summed E-state index contributed by atoms with van der Waals surface area (Å²) in [6.07, 6.45) is 52.3. The van der Waals surface area contributed by atoms with E-state index in [1.807, 2.05) is 6.08 Å². The molecule has 14 rings (SSSR count). The van der Waals surface area contributed by atoms with Gasteiger partial charge in [0.25, 0.3) is 0 Å². The van der Waals surface area contributed by atoms with Crippen LogP contribution >= 0.6 is 0 Å². The van der Waals surface area contributed by atoms with E-state index >= 15 is 0 Å². The highest BCUT2D eigenvalue weighted by molar-refractivity contribution is 6.09. The van der Waals surface area contributed by atoms with Gasteiger partial charge >= 0.3 is 0 Å². The minimum absolute atomic E-state index is 0.195. The summed E-state index contributed by atoms with van der Waals surface area (Å²) in [5, 5.41) is 2.78. The Bertz CT molecular complexity index is 4320. The van der Waals surface area contributed by atoms with E-state index < -0.39 is 0 Å².